The molecule has 0 heterocycles. The van der Waals surface area contributed by atoms with Crippen molar-refractivity contribution < 1.29 is 51.6 Å². The number of likely N-dealkylation sites (N-methyl/N-ethyl adjacent to an activating group) is 3. The first-order valence-electron chi connectivity index (χ1n) is 14.9. The van der Waals surface area contributed by atoms with Crippen LogP contribution in [0.4, 0.5) is 0 Å². The lowest BCUT2D eigenvalue weighted by atomic mass is 10.3. The summed E-state index contributed by atoms with van der Waals surface area (Å²) in [6.45, 7) is 35.6. The van der Waals surface area contributed by atoms with Gasteiger partial charge in [-0.05, 0) is 74.4 Å². The van der Waals surface area contributed by atoms with Crippen LogP contribution in [0.2, 0.25) is 0 Å². The molecule has 37 heavy (non-hydrogen) atoms. The predicted octanol–water partition coefficient (Wildman–Crippen LogP) is 2.46. The fourth-order valence-corrected chi connectivity index (χ4v) is 5.34. The summed E-state index contributed by atoms with van der Waals surface area (Å²) >= 11 is 0. The minimum atomic E-state index is 0. The van der Waals surface area contributed by atoms with Crippen LogP contribution in [0.25, 0.3) is 0 Å². The topological polar surface area (TPSA) is 27.7 Å². The largest absolute Gasteiger partial charge is 1.00 e. The first-order valence-corrected chi connectivity index (χ1v) is 14.9. The molecule has 0 radical (unpaired) electrons. The van der Waals surface area contributed by atoms with Gasteiger partial charge in [0, 0.05) is 0 Å². The summed E-state index contributed by atoms with van der Waals surface area (Å²) in [7, 11) is 0. The van der Waals surface area contributed by atoms with Crippen LogP contribution >= 0.6 is 0 Å². The molecule has 0 N–H and O–H groups in total. The van der Waals surface area contributed by atoms with E-state index in [1.165, 1.54) is 0 Å². The summed E-state index contributed by atoms with van der Waals surface area (Å²) in [5.41, 5.74) is 0. The van der Waals surface area contributed by atoms with Gasteiger partial charge in [0.05, 0.1) is 58.9 Å². The lowest BCUT2D eigenvalue weighted by Crippen LogP contribution is -3.00. The fourth-order valence-electron chi connectivity index (χ4n) is 5.34. The Morgan fingerprint density at radius 2 is 0.730 bits per heavy atom. The summed E-state index contributed by atoms with van der Waals surface area (Å²) in [4.78, 5) is 0. The molecule has 0 atom stereocenters. The molecule has 6 nitrogen and oxygen atoms in total. The van der Waals surface area contributed by atoms with E-state index in [-0.39, 0.29) is 24.0 Å². The SMILES string of the molecule is CC[N+](CC)(CC)CCOc1cccc(OCC[N+](CC)(CC)CC)c1OCC[N+](CC)(CC)CC.[I-]. The van der Waals surface area contributed by atoms with E-state index in [1.54, 1.807) is 0 Å². The van der Waals surface area contributed by atoms with E-state index in [0.717, 1.165) is 109 Å². The maximum Gasteiger partial charge on any atom is 0.203 e. The number of halogens is 1. The van der Waals surface area contributed by atoms with Gasteiger partial charge < -0.3 is 51.6 Å². The molecular weight excluding hydrogens is 577 g/mol. The minimum Gasteiger partial charge on any atom is -1.00 e. The van der Waals surface area contributed by atoms with Crippen molar-refractivity contribution in [2.24, 2.45) is 0 Å². The molecule has 0 spiro atoms. The zero-order valence-corrected chi connectivity index (χ0v) is 27.9. The van der Waals surface area contributed by atoms with Crippen LogP contribution in [-0.4, -0.2) is 112 Å². The maximum absolute atomic E-state index is 6.48. The van der Waals surface area contributed by atoms with Gasteiger partial charge in [0.15, 0.2) is 11.5 Å². The maximum atomic E-state index is 6.48. The molecule has 0 aliphatic carbocycles. The second-order valence-corrected chi connectivity index (χ2v) is 10.2. The molecule has 0 aromatic heterocycles. The van der Waals surface area contributed by atoms with Gasteiger partial charge in [0.1, 0.15) is 39.5 Å². The minimum absolute atomic E-state index is 0. The smallest absolute Gasteiger partial charge is 0.203 e. The zero-order valence-electron chi connectivity index (χ0n) is 25.8. The normalized spacial score (nSPS) is 12.2. The number of para-hydroxylation sites is 1. The second-order valence-electron chi connectivity index (χ2n) is 10.2. The summed E-state index contributed by atoms with van der Waals surface area (Å²) in [5, 5.41) is 0. The zero-order chi connectivity index (χ0) is 27.1. The number of hydrogen-bond acceptors (Lipinski definition) is 3. The van der Waals surface area contributed by atoms with Gasteiger partial charge in [0.25, 0.3) is 0 Å². The van der Waals surface area contributed by atoms with E-state index in [2.05, 4.69) is 62.3 Å². The van der Waals surface area contributed by atoms with E-state index in [9.17, 15) is 0 Å². The Kier molecular flexibility index (Phi) is 18.1. The lowest BCUT2D eigenvalue weighted by Gasteiger charge is -2.36. The Labute approximate surface area is 247 Å². The Morgan fingerprint density at radius 3 is 1.00 bits per heavy atom. The summed E-state index contributed by atoms with van der Waals surface area (Å²) in [6.07, 6.45) is 0. The van der Waals surface area contributed by atoms with Gasteiger partial charge in [-0.25, -0.2) is 0 Å². The highest BCUT2D eigenvalue weighted by Gasteiger charge is 2.25. The van der Waals surface area contributed by atoms with Crippen molar-refractivity contribution in [3.05, 3.63) is 18.2 Å². The highest BCUT2D eigenvalue weighted by atomic mass is 127. The molecule has 0 amide bonds. The Balaban J connectivity index is 0.0000130. The first kappa shape index (κ1) is 36.2. The second kappa shape index (κ2) is 18.5. The van der Waals surface area contributed by atoms with E-state index in [4.69, 9.17) is 14.2 Å². The molecule has 1 rings (SSSR count). The van der Waals surface area contributed by atoms with Crippen LogP contribution in [0.1, 0.15) is 62.3 Å². The molecule has 1 aromatic rings. The molecule has 7 heteroatoms. The van der Waals surface area contributed by atoms with E-state index < -0.39 is 0 Å². The third-order valence-corrected chi connectivity index (χ3v) is 9.44. The molecule has 1 aromatic carbocycles. The third kappa shape index (κ3) is 10.4. The number of benzene rings is 1. The van der Waals surface area contributed by atoms with Crippen LogP contribution in [0.5, 0.6) is 17.2 Å². The Bertz CT molecular complexity index is 651. The highest BCUT2D eigenvalue weighted by molar-refractivity contribution is 5.51. The molecule has 0 saturated heterocycles. The number of quaternary nitrogens is 3. The van der Waals surface area contributed by atoms with Crippen molar-refractivity contribution in [3.63, 3.8) is 0 Å². The van der Waals surface area contributed by atoms with Crippen molar-refractivity contribution in [2.45, 2.75) is 62.3 Å². The monoisotopic (exact) mass is 637 g/mol. The molecule has 0 saturated carbocycles. The van der Waals surface area contributed by atoms with Crippen LogP contribution in [-0.2, 0) is 0 Å². The van der Waals surface area contributed by atoms with E-state index in [1.807, 2.05) is 18.2 Å². The summed E-state index contributed by atoms with van der Waals surface area (Å²) < 4.78 is 22.4. The van der Waals surface area contributed by atoms with Crippen LogP contribution in [0.15, 0.2) is 18.2 Å². The van der Waals surface area contributed by atoms with Crippen molar-refractivity contribution in [3.8, 4) is 17.2 Å². The average Bonchev–Trinajstić information content (AvgIpc) is 2.93. The molecule has 0 unspecified atom stereocenters. The lowest BCUT2D eigenvalue weighted by molar-refractivity contribution is -0.923. The molecule has 218 valence electrons. The molecule has 0 aliphatic rings. The van der Waals surface area contributed by atoms with Crippen LogP contribution in [0.3, 0.4) is 0 Å². The highest BCUT2D eigenvalue weighted by Crippen LogP contribution is 2.37. The van der Waals surface area contributed by atoms with E-state index >= 15 is 0 Å². The van der Waals surface area contributed by atoms with Crippen molar-refractivity contribution in [2.75, 3.05) is 98.4 Å². The van der Waals surface area contributed by atoms with Gasteiger partial charge in [-0.1, -0.05) is 6.07 Å². The Hall–Kier alpha value is -0.770. The van der Waals surface area contributed by atoms with Crippen molar-refractivity contribution in [1.29, 1.82) is 0 Å². The van der Waals surface area contributed by atoms with Gasteiger partial charge >= 0.3 is 0 Å². The molecule has 0 aliphatic heterocycles. The van der Waals surface area contributed by atoms with Crippen LogP contribution < -0.4 is 38.2 Å². The van der Waals surface area contributed by atoms with Crippen LogP contribution in [0, 0.1) is 0 Å². The van der Waals surface area contributed by atoms with Gasteiger partial charge in [-0.3, -0.25) is 0 Å². The van der Waals surface area contributed by atoms with E-state index in [0.29, 0.717) is 19.8 Å². The standard InChI is InChI=1S/C30H60N3O3.HI/c1-10-31(11-2,12-3)22-25-34-28-20-19-21-29(35-26-23-32(13-4,14-5)15-6)30(28)36-27-24-33(16-7,17-8)18-9;/h19-21H,10-18,22-27H2,1-9H3;1H/q+3;/p-1. The van der Waals surface area contributed by atoms with Crippen molar-refractivity contribution in [1.82, 2.24) is 0 Å². The molecule has 0 fully saturated rings. The number of ether oxygens (including phenoxy) is 3. The average molecular weight is 638 g/mol. The summed E-state index contributed by atoms with van der Waals surface area (Å²) in [5.74, 6) is 2.38. The molecular formula is C30H60IN3O3+2. The van der Waals surface area contributed by atoms with Gasteiger partial charge in [0.2, 0.25) is 5.75 Å². The number of nitrogens with zero attached hydrogens (tertiary/aromatic N) is 3. The Morgan fingerprint density at radius 1 is 0.459 bits per heavy atom. The fraction of sp³-hybridized carbons (Fsp3) is 0.800. The summed E-state index contributed by atoms with van der Waals surface area (Å²) in [6, 6.07) is 6.10. The first-order chi connectivity index (χ1) is 17.3. The van der Waals surface area contributed by atoms with Gasteiger partial charge in [-0.2, -0.15) is 0 Å². The molecule has 0 bridgehead atoms. The third-order valence-electron chi connectivity index (χ3n) is 9.44. The van der Waals surface area contributed by atoms with Gasteiger partial charge in [-0.15, -0.1) is 0 Å². The predicted molar refractivity (Wildman–Crippen MR) is 153 cm³/mol. The van der Waals surface area contributed by atoms with Crippen molar-refractivity contribution >= 4 is 0 Å². The number of rotatable bonds is 21. The quantitative estimate of drug-likeness (QED) is 0.153. The number of hydrogen-bond donors (Lipinski definition) is 0.